The molecule has 0 fully saturated rings. The Hall–Kier alpha value is -1.92. The summed E-state index contributed by atoms with van der Waals surface area (Å²) >= 11 is 15.8. The molecule has 0 saturated carbocycles. The van der Waals surface area contributed by atoms with Crippen molar-refractivity contribution in [3.8, 4) is 11.5 Å². The van der Waals surface area contributed by atoms with E-state index in [1.54, 1.807) is 19.2 Å². The van der Waals surface area contributed by atoms with Gasteiger partial charge in [0, 0.05) is 32.3 Å². The lowest BCUT2D eigenvalue weighted by molar-refractivity contribution is 0.284. The molecule has 3 aromatic rings. The molecule has 0 aliphatic rings. The fraction of sp³-hybridized carbons (Fsp3) is 0.143. The predicted octanol–water partition coefficient (Wildman–Crippen LogP) is 6.46. The minimum absolute atomic E-state index is 0.311. The van der Waals surface area contributed by atoms with Crippen LogP contribution in [-0.2, 0) is 13.2 Å². The summed E-state index contributed by atoms with van der Waals surface area (Å²) < 4.78 is 12.3. The Balaban J connectivity index is 1.66. The molecule has 3 rings (SSSR count). The van der Waals surface area contributed by atoms with E-state index in [9.17, 15) is 0 Å². The number of anilines is 1. The van der Waals surface area contributed by atoms with Gasteiger partial charge in [-0.3, -0.25) is 0 Å². The molecule has 0 unspecified atom stereocenters. The number of benzene rings is 3. The molecule has 0 spiro atoms. The molecule has 0 saturated heterocycles. The lowest BCUT2D eigenvalue weighted by Crippen LogP contribution is -2.21. The summed E-state index contributed by atoms with van der Waals surface area (Å²) in [5.41, 5.74) is 9.22. The van der Waals surface area contributed by atoms with Crippen LogP contribution in [0.5, 0.6) is 11.5 Å². The van der Waals surface area contributed by atoms with Crippen LogP contribution in [0.15, 0.2) is 65.1 Å². The number of para-hydroxylation sites is 1. The van der Waals surface area contributed by atoms with E-state index >= 15 is 0 Å². The van der Waals surface area contributed by atoms with Crippen molar-refractivity contribution in [1.29, 1.82) is 0 Å². The zero-order chi connectivity index (χ0) is 19.9. The third kappa shape index (κ3) is 5.55. The van der Waals surface area contributed by atoms with Gasteiger partial charge in [0.15, 0.2) is 11.5 Å². The van der Waals surface area contributed by atoms with Crippen molar-refractivity contribution in [1.82, 2.24) is 5.43 Å². The average molecular weight is 482 g/mol. The van der Waals surface area contributed by atoms with Crippen molar-refractivity contribution in [3.05, 3.63) is 86.3 Å². The van der Waals surface area contributed by atoms with E-state index in [1.807, 2.05) is 48.5 Å². The minimum Gasteiger partial charge on any atom is -0.493 e. The highest BCUT2D eigenvalue weighted by Gasteiger charge is 2.12. The van der Waals surface area contributed by atoms with Gasteiger partial charge in [0.05, 0.1) is 7.11 Å². The van der Waals surface area contributed by atoms with Crippen LogP contribution in [0.4, 0.5) is 5.69 Å². The molecular formula is C21H19BrCl2N2O2. The Labute approximate surface area is 182 Å². The quantitative estimate of drug-likeness (QED) is 0.362. The number of rotatable bonds is 8. The second kappa shape index (κ2) is 10.0. The van der Waals surface area contributed by atoms with Crippen LogP contribution in [-0.4, -0.2) is 7.11 Å². The highest BCUT2D eigenvalue weighted by molar-refractivity contribution is 9.10. The van der Waals surface area contributed by atoms with E-state index in [4.69, 9.17) is 32.7 Å². The van der Waals surface area contributed by atoms with E-state index in [1.165, 1.54) is 0 Å². The lowest BCUT2D eigenvalue weighted by atomic mass is 10.2. The first-order valence-electron chi connectivity index (χ1n) is 8.54. The zero-order valence-corrected chi connectivity index (χ0v) is 18.2. The molecule has 0 amide bonds. The largest absolute Gasteiger partial charge is 0.493 e. The summed E-state index contributed by atoms with van der Waals surface area (Å²) in [6.07, 6.45) is 0. The van der Waals surface area contributed by atoms with E-state index in [2.05, 4.69) is 26.8 Å². The lowest BCUT2D eigenvalue weighted by Gasteiger charge is -2.15. The van der Waals surface area contributed by atoms with Crippen LogP contribution in [0.25, 0.3) is 0 Å². The molecular weight excluding hydrogens is 463 g/mol. The highest BCUT2D eigenvalue weighted by Crippen LogP contribution is 2.34. The van der Waals surface area contributed by atoms with Gasteiger partial charge in [0.2, 0.25) is 0 Å². The standard InChI is InChI=1S/C21H19BrCl2N2O2/c1-27-20-9-15(12-25-26-17-5-3-2-4-6-17)18(22)11-21(20)28-13-14-7-8-16(23)10-19(14)24/h2-11,25-26H,12-13H2,1H3. The van der Waals surface area contributed by atoms with Crippen LogP contribution in [0.3, 0.4) is 0 Å². The summed E-state index contributed by atoms with van der Waals surface area (Å²) in [6, 6.07) is 19.1. The van der Waals surface area contributed by atoms with Gasteiger partial charge in [-0.2, -0.15) is 0 Å². The van der Waals surface area contributed by atoms with Crippen molar-refractivity contribution >= 4 is 44.8 Å². The number of hydrazine groups is 1. The van der Waals surface area contributed by atoms with Crippen LogP contribution >= 0.6 is 39.1 Å². The number of nitrogens with one attached hydrogen (secondary N) is 2. The summed E-state index contributed by atoms with van der Waals surface area (Å²) in [5.74, 6) is 1.27. The summed E-state index contributed by atoms with van der Waals surface area (Å²) in [6.45, 7) is 0.904. The molecule has 0 atom stereocenters. The minimum atomic E-state index is 0.311. The normalized spacial score (nSPS) is 10.6. The van der Waals surface area contributed by atoms with Crippen molar-refractivity contribution in [3.63, 3.8) is 0 Å². The van der Waals surface area contributed by atoms with Crippen LogP contribution < -0.4 is 20.3 Å². The first-order valence-corrected chi connectivity index (χ1v) is 10.1. The molecule has 2 N–H and O–H groups in total. The fourth-order valence-electron chi connectivity index (χ4n) is 2.54. The van der Waals surface area contributed by atoms with Gasteiger partial charge in [-0.15, -0.1) is 0 Å². The van der Waals surface area contributed by atoms with E-state index in [-0.39, 0.29) is 0 Å². The van der Waals surface area contributed by atoms with Crippen molar-refractivity contribution in [2.45, 2.75) is 13.2 Å². The van der Waals surface area contributed by atoms with Gasteiger partial charge in [0.25, 0.3) is 0 Å². The number of methoxy groups -OCH3 is 1. The second-order valence-corrected chi connectivity index (χ2v) is 7.66. The molecule has 0 radical (unpaired) electrons. The molecule has 0 heterocycles. The Kier molecular flexibility index (Phi) is 7.45. The summed E-state index contributed by atoms with van der Waals surface area (Å²) in [7, 11) is 1.62. The molecule has 28 heavy (non-hydrogen) atoms. The van der Waals surface area contributed by atoms with E-state index in [0.717, 1.165) is 21.3 Å². The number of hydrogen-bond donors (Lipinski definition) is 2. The third-order valence-electron chi connectivity index (χ3n) is 4.02. The molecule has 0 aliphatic heterocycles. The third-order valence-corrected chi connectivity index (χ3v) is 5.34. The SMILES string of the molecule is COc1cc(CNNc2ccccc2)c(Br)cc1OCc1ccc(Cl)cc1Cl. The van der Waals surface area contributed by atoms with Crippen molar-refractivity contribution < 1.29 is 9.47 Å². The average Bonchev–Trinajstić information content (AvgIpc) is 2.69. The Morgan fingerprint density at radius 1 is 0.929 bits per heavy atom. The van der Waals surface area contributed by atoms with Crippen molar-refractivity contribution in [2.75, 3.05) is 12.5 Å². The van der Waals surface area contributed by atoms with Gasteiger partial charge in [-0.05, 0) is 42.0 Å². The number of hydrogen-bond acceptors (Lipinski definition) is 4. The van der Waals surface area contributed by atoms with Gasteiger partial charge >= 0.3 is 0 Å². The van der Waals surface area contributed by atoms with E-state index < -0.39 is 0 Å². The molecule has 4 nitrogen and oxygen atoms in total. The smallest absolute Gasteiger partial charge is 0.162 e. The Bertz CT molecular complexity index is 939. The zero-order valence-electron chi connectivity index (χ0n) is 15.1. The Morgan fingerprint density at radius 2 is 1.71 bits per heavy atom. The molecule has 0 aromatic heterocycles. The van der Waals surface area contributed by atoms with Crippen LogP contribution in [0.2, 0.25) is 10.0 Å². The van der Waals surface area contributed by atoms with Gasteiger partial charge in [0.1, 0.15) is 6.61 Å². The molecule has 0 bridgehead atoms. The van der Waals surface area contributed by atoms with Gasteiger partial charge < -0.3 is 14.9 Å². The number of ether oxygens (including phenoxy) is 2. The van der Waals surface area contributed by atoms with Crippen LogP contribution in [0, 0.1) is 0 Å². The maximum Gasteiger partial charge on any atom is 0.162 e. The topological polar surface area (TPSA) is 42.5 Å². The van der Waals surface area contributed by atoms with Crippen LogP contribution in [0.1, 0.15) is 11.1 Å². The van der Waals surface area contributed by atoms with E-state index in [0.29, 0.717) is 34.7 Å². The van der Waals surface area contributed by atoms with Gasteiger partial charge in [-0.25, -0.2) is 5.43 Å². The molecule has 146 valence electrons. The van der Waals surface area contributed by atoms with Crippen molar-refractivity contribution in [2.24, 2.45) is 0 Å². The summed E-state index contributed by atoms with van der Waals surface area (Å²) in [4.78, 5) is 0. The number of halogens is 3. The summed E-state index contributed by atoms with van der Waals surface area (Å²) in [5, 5.41) is 1.16. The maximum atomic E-state index is 6.21. The first-order chi connectivity index (χ1) is 13.6. The molecule has 3 aromatic carbocycles. The highest BCUT2D eigenvalue weighted by atomic mass is 79.9. The molecule has 7 heteroatoms. The second-order valence-electron chi connectivity index (χ2n) is 5.96. The maximum absolute atomic E-state index is 6.21. The predicted molar refractivity (Wildman–Crippen MR) is 118 cm³/mol. The van der Waals surface area contributed by atoms with Gasteiger partial charge in [-0.1, -0.05) is 63.4 Å². The Morgan fingerprint density at radius 3 is 2.43 bits per heavy atom. The first kappa shape index (κ1) is 20.8. The monoisotopic (exact) mass is 480 g/mol. The molecule has 0 aliphatic carbocycles. The fourth-order valence-corrected chi connectivity index (χ4v) is 3.47.